The summed E-state index contributed by atoms with van der Waals surface area (Å²) in [6.07, 6.45) is -0.325. The SMILES string of the molecule is CC(O)CCN(C)S(=O)(=O)c1ccc(C#CCO)c(F)c1. The van der Waals surface area contributed by atoms with Crippen LogP contribution in [0.1, 0.15) is 18.9 Å². The highest BCUT2D eigenvalue weighted by Gasteiger charge is 2.22. The van der Waals surface area contributed by atoms with Gasteiger partial charge >= 0.3 is 0 Å². The van der Waals surface area contributed by atoms with Gasteiger partial charge in [-0.25, -0.2) is 17.1 Å². The van der Waals surface area contributed by atoms with Crippen LogP contribution in [0, 0.1) is 17.7 Å². The molecule has 0 saturated carbocycles. The molecule has 5 nitrogen and oxygen atoms in total. The van der Waals surface area contributed by atoms with Gasteiger partial charge < -0.3 is 10.2 Å². The maximum atomic E-state index is 13.8. The molecule has 0 saturated heterocycles. The van der Waals surface area contributed by atoms with Crippen LogP contribution in [0.5, 0.6) is 0 Å². The van der Waals surface area contributed by atoms with Crippen molar-refractivity contribution >= 4 is 10.0 Å². The Balaban J connectivity index is 3.01. The fraction of sp³-hybridized carbons (Fsp3) is 0.429. The van der Waals surface area contributed by atoms with Gasteiger partial charge in [0.05, 0.1) is 16.6 Å². The van der Waals surface area contributed by atoms with Gasteiger partial charge in [-0.3, -0.25) is 0 Å². The Morgan fingerprint density at radius 3 is 2.62 bits per heavy atom. The van der Waals surface area contributed by atoms with Crippen LogP contribution in [0.3, 0.4) is 0 Å². The number of sulfonamides is 1. The maximum absolute atomic E-state index is 13.8. The van der Waals surface area contributed by atoms with Crippen molar-refractivity contribution in [3.05, 3.63) is 29.6 Å². The Kier molecular flexibility index (Phi) is 6.30. The largest absolute Gasteiger partial charge is 0.393 e. The zero-order valence-corrected chi connectivity index (χ0v) is 12.7. The lowest BCUT2D eigenvalue weighted by molar-refractivity contribution is 0.177. The standard InChI is InChI=1S/C14H18FNO4S/c1-11(18)7-8-16(2)21(19,20)13-6-5-12(4-3-9-17)14(15)10-13/h5-6,10-11,17-18H,7-9H2,1-2H3. The molecule has 1 rings (SSSR count). The van der Waals surface area contributed by atoms with Crippen LogP contribution in [0.25, 0.3) is 0 Å². The van der Waals surface area contributed by atoms with Gasteiger partial charge in [0, 0.05) is 13.6 Å². The minimum Gasteiger partial charge on any atom is -0.393 e. The van der Waals surface area contributed by atoms with E-state index in [2.05, 4.69) is 11.8 Å². The molecule has 0 radical (unpaired) electrons. The Bertz CT molecular complexity index is 647. The zero-order valence-electron chi connectivity index (χ0n) is 11.9. The molecule has 0 spiro atoms. The summed E-state index contributed by atoms with van der Waals surface area (Å²) in [7, 11) is -2.44. The number of hydrogen-bond acceptors (Lipinski definition) is 4. The molecule has 1 atom stereocenters. The van der Waals surface area contributed by atoms with Crippen molar-refractivity contribution in [2.45, 2.75) is 24.3 Å². The van der Waals surface area contributed by atoms with Crippen LogP contribution in [0.2, 0.25) is 0 Å². The second-order valence-corrected chi connectivity index (χ2v) is 6.61. The summed E-state index contributed by atoms with van der Waals surface area (Å²) < 4.78 is 39.3. The molecule has 0 aromatic heterocycles. The molecule has 0 aliphatic heterocycles. The van der Waals surface area contributed by atoms with Crippen molar-refractivity contribution < 1.29 is 23.0 Å². The number of benzene rings is 1. The predicted octanol–water partition coefficient (Wildman–Crippen LogP) is 0.561. The van der Waals surface area contributed by atoms with E-state index in [-0.39, 0.29) is 23.4 Å². The lowest BCUT2D eigenvalue weighted by atomic mass is 10.2. The molecule has 0 aliphatic rings. The number of halogens is 1. The summed E-state index contributed by atoms with van der Waals surface area (Å²) in [5.74, 6) is 3.93. The van der Waals surface area contributed by atoms with Gasteiger partial charge in [0.15, 0.2) is 0 Å². The number of hydrogen-bond donors (Lipinski definition) is 2. The number of nitrogens with zero attached hydrogens (tertiary/aromatic N) is 1. The van der Waals surface area contributed by atoms with Crippen molar-refractivity contribution in [3.8, 4) is 11.8 Å². The van der Waals surface area contributed by atoms with Crippen molar-refractivity contribution in [3.63, 3.8) is 0 Å². The van der Waals surface area contributed by atoms with Gasteiger partial charge in [-0.1, -0.05) is 11.8 Å². The second-order valence-electron chi connectivity index (χ2n) is 4.57. The van der Waals surface area contributed by atoms with Crippen LogP contribution >= 0.6 is 0 Å². The third-order valence-corrected chi connectivity index (χ3v) is 4.67. The summed E-state index contributed by atoms with van der Waals surface area (Å²) >= 11 is 0. The number of aliphatic hydroxyl groups excluding tert-OH is 2. The fourth-order valence-electron chi connectivity index (χ4n) is 1.56. The third kappa shape index (κ3) is 4.79. The van der Waals surface area contributed by atoms with E-state index in [1.165, 1.54) is 19.2 Å². The number of rotatable bonds is 5. The van der Waals surface area contributed by atoms with Gasteiger partial charge in [0.2, 0.25) is 10.0 Å². The molecular weight excluding hydrogens is 297 g/mol. The Labute approximate surface area is 124 Å². The molecule has 0 aliphatic carbocycles. The molecular formula is C14H18FNO4S. The average molecular weight is 315 g/mol. The Morgan fingerprint density at radius 2 is 2.10 bits per heavy atom. The van der Waals surface area contributed by atoms with Gasteiger partial charge in [-0.05, 0) is 31.5 Å². The average Bonchev–Trinajstić information content (AvgIpc) is 2.43. The highest BCUT2D eigenvalue weighted by atomic mass is 32.2. The molecule has 116 valence electrons. The van der Waals surface area contributed by atoms with Crippen molar-refractivity contribution in [2.24, 2.45) is 0 Å². The Morgan fingerprint density at radius 1 is 1.43 bits per heavy atom. The third-order valence-electron chi connectivity index (χ3n) is 2.81. The van der Waals surface area contributed by atoms with Gasteiger partial charge in [-0.2, -0.15) is 0 Å². The van der Waals surface area contributed by atoms with E-state index in [1.54, 1.807) is 6.92 Å². The van der Waals surface area contributed by atoms with Crippen LogP contribution in [0.4, 0.5) is 4.39 Å². The lowest BCUT2D eigenvalue weighted by Gasteiger charge is -2.18. The summed E-state index contributed by atoms with van der Waals surface area (Å²) in [5, 5.41) is 17.7. The van der Waals surface area contributed by atoms with Crippen molar-refractivity contribution in [1.29, 1.82) is 0 Å². The van der Waals surface area contributed by atoms with Gasteiger partial charge in [-0.15, -0.1) is 0 Å². The van der Waals surface area contributed by atoms with E-state index in [0.717, 1.165) is 10.4 Å². The first-order valence-electron chi connectivity index (χ1n) is 6.32. The molecule has 1 unspecified atom stereocenters. The molecule has 0 fully saturated rings. The highest BCUT2D eigenvalue weighted by Crippen LogP contribution is 2.18. The van der Waals surface area contributed by atoms with Crippen LogP contribution in [0.15, 0.2) is 23.1 Å². The molecule has 0 bridgehead atoms. The van der Waals surface area contributed by atoms with E-state index < -0.39 is 28.6 Å². The summed E-state index contributed by atoms with van der Waals surface area (Å²) in [5.41, 5.74) is 0.0228. The minimum atomic E-state index is -3.81. The first-order chi connectivity index (χ1) is 9.78. The maximum Gasteiger partial charge on any atom is 0.242 e. The highest BCUT2D eigenvalue weighted by molar-refractivity contribution is 7.89. The van der Waals surface area contributed by atoms with Crippen LogP contribution < -0.4 is 0 Å². The Hall–Kier alpha value is -1.46. The van der Waals surface area contributed by atoms with E-state index in [0.29, 0.717) is 0 Å². The molecule has 21 heavy (non-hydrogen) atoms. The summed E-state index contributed by atoms with van der Waals surface area (Å²) in [6, 6.07) is 3.42. The van der Waals surface area contributed by atoms with E-state index in [4.69, 9.17) is 5.11 Å². The molecule has 0 heterocycles. The molecule has 1 aromatic carbocycles. The zero-order chi connectivity index (χ0) is 16.0. The normalized spacial score (nSPS) is 12.9. The van der Waals surface area contributed by atoms with Gasteiger partial charge in [0.25, 0.3) is 0 Å². The molecule has 0 amide bonds. The van der Waals surface area contributed by atoms with Crippen molar-refractivity contribution in [1.82, 2.24) is 4.31 Å². The van der Waals surface area contributed by atoms with E-state index in [9.17, 15) is 17.9 Å². The topological polar surface area (TPSA) is 77.8 Å². The summed E-state index contributed by atoms with van der Waals surface area (Å²) in [6.45, 7) is 1.30. The van der Waals surface area contributed by atoms with Gasteiger partial charge in [0.1, 0.15) is 12.4 Å². The van der Waals surface area contributed by atoms with E-state index >= 15 is 0 Å². The fourth-order valence-corrected chi connectivity index (χ4v) is 2.76. The van der Waals surface area contributed by atoms with Crippen molar-refractivity contribution in [2.75, 3.05) is 20.2 Å². The van der Waals surface area contributed by atoms with Crippen LogP contribution in [-0.4, -0.2) is 49.2 Å². The first kappa shape index (κ1) is 17.6. The molecule has 2 N–H and O–H groups in total. The molecule has 7 heteroatoms. The lowest BCUT2D eigenvalue weighted by Crippen LogP contribution is -2.29. The second kappa shape index (κ2) is 7.52. The first-order valence-corrected chi connectivity index (χ1v) is 7.76. The summed E-state index contributed by atoms with van der Waals surface area (Å²) in [4.78, 5) is -0.178. The quantitative estimate of drug-likeness (QED) is 0.779. The monoisotopic (exact) mass is 315 g/mol. The van der Waals surface area contributed by atoms with E-state index in [1.807, 2.05) is 0 Å². The van der Waals surface area contributed by atoms with Crippen LogP contribution in [-0.2, 0) is 10.0 Å². The molecule has 1 aromatic rings. The smallest absolute Gasteiger partial charge is 0.242 e. The minimum absolute atomic E-state index is 0.0228. The number of aliphatic hydroxyl groups is 2. The predicted molar refractivity (Wildman–Crippen MR) is 76.5 cm³/mol.